The second-order valence-corrected chi connectivity index (χ2v) is 5.50. The van der Waals surface area contributed by atoms with Crippen molar-refractivity contribution in [3.05, 3.63) is 62.6 Å². The zero-order valence-corrected chi connectivity index (χ0v) is 13.0. The Kier molecular flexibility index (Phi) is 5.55. The Labute approximate surface area is 133 Å². The summed E-state index contributed by atoms with van der Waals surface area (Å²) in [5.41, 5.74) is 7.42. The van der Waals surface area contributed by atoms with E-state index in [1.54, 1.807) is 6.07 Å². The van der Waals surface area contributed by atoms with E-state index in [1.807, 2.05) is 30.3 Å². The molecule has 0 unspecified atom stereocenters. The molecular formula is C15H14Cl3NO. The lowest BCUT2D eigenvalue weighted by atomic mass is 10.1. The van der Waals surface area contributed by atoms with Crippen molar-refractivity contribution in [3.63, 3.8) is 0 Å². The first-order valence-electron chi connectivity index (χ1n) is 6.16. The van der Waals surface area contributed by atoms with Crippen LogP contribution in [0.4, 0.5) is 0 Å². The number of hydrogen-bond acceptors (Lipinski definition) is 2. The Hall–Kier alpha value is -0.930. The number of halogens is 3. The molecule has 0 atom stereocenters. The van der Waals surface area contributed by atoms with Gasteiger partial charge in [0.05, 0.1) is 15.1 Å². The van der Waals surface area contributed by atoms with Crippen LogP contribution in [0.2, 0.25) is 15.1 Å². The average molecular weight is 331 g/mol. The number of nitrogens with two attached hydrogens (primary N) is 1. The second-order valence-electron chi connectivity index (χ2n) is 4.31. The Bertz CT molecular complexity index is 602. The molecule has 0 aliphatic rings. The quantitative estimate of drug-likeness (QED) is 0.860. The molecule has 0 aromatic heterocycles. The molecule has 2 aromatic carbocycles. The summed E-state index contributed by atoms with van der Waals surface area (Å²) in [6.45, 7) is 0.907. The van der Waals surface area contributed by atoms with Gasteiger partial charge in [0.25, 0.3) is 0 Å². The summed E-state index contributed by atoms with van der Waals surface area (Å²) in [5.74, 6) is 0.614. The molecule has 0 aliphatic heterocycles. The van der Waals surface area contributed by atoms with Gasteiger partial charge in [0, 0.05) is 5.56 Å². The van der Waals surface area contributed by atoms with Crippen LogP contribution in [-0.4, -0.2) is 6.54 Å². The summed E-state index contributed by atoms with van der Waals surface area (Å²) in [5, 5.41) is 1.58. The maximum atomic E-state index is 6.18. The number of rotatable bonds is 5. The largest absolute Gasteiger partial charge is 0.487 e. The third kappa shape index (κ3) is 3.80. The van der Waals surface area contributed by atoms with E-state index >= 15 is 0 Å². The lowest BCUT2D eigenvalue weighted by Crippen LogP contribution is -2.03. The van der Waals surface area contributed by atoms with Crippen LogP contribution in [-0.2, 0) is 13.0 Å². The smallest absolute Gasteiger partial charge is 0.138 e. The van der Waals surface area contributed by atoms with E-state index in [9.17, 15) is 0 Å². The summed E-state index contributed by atoms with van der Waals surface area (Å²) in [4.78, 5) is 0. The van der Waals surface area contributed by atoms with E-state index < -0.39 is 0 Å². The second kappa shape index (κ2) is 7.19. The number of ether oxygens (including phenoxy) is 1. The fourth-order valence-electron chi connectivity index (χ4n) is 1.80. The van der Waals surface area contributed by atoms with Gasteiger partial charge in [-0.05, 0) is 36.7 Å². The van der Waals surface area contributed by atoms with Crippen LogP contribution in [0.15, 0.2) is 36.4 Å². The third-order valence-electron chi connectivity index (χ3n) is 2.84. The van der Waals surface area contributed by atoms with Crippen molar-refractivity contribution >= 4 is 34.8 Å². The van der Waals surface area contributed by atoms with E-state index in [1.165, 1.54) is 0 Å². The van der Waals surface area contributed by atoms with Gasteiger partial charge in [-0.1, -0.05) is 53.0 Å². The zero-order valence-electron chi connectivity index (χ0n) is 10.7. The first kappa shape index (κ1) is 15.5. The maximum absolute atomic E-state index is 6.18. The van der Waals surface area contributed by atoms with Crippen LogP contribution in [0.25, 0.3) is 0 Å². The highest BCUT2D eigenvalue weighted by atomic mass is 35.5. The minimum Gasteiger partial charge on any atom is -0.487 e. The molecule has 0 saturated heterocycles. The monoisotopic (exact) mass is 329 g/mol. The van der Waals surface area contributed by atoms with Crippen LogP contribution in [0.3, 0.4) is 0 Å². The highest BCUT2D eigenvalue weighted by Gasteiger charge is 2.07. The minimum absolute atomic E-state index is 0.315. The van der Waals surface area contributed by atoms with Gasteiger partial charge in [0.15, 0.2) is 0 Å². The summed E-state index contributed by atoms with van der Waals surface area (Å²) < 4.78 is 5.69. The van der Waals surface area contributed by atoms with Crippen molar-refractivity contribution in [1.29, 1.82) is 0 Å². The molecule has 0 spiro atoms. The lowest BCUT2D eigenvalue weighted by molar-refractivity contribution is 0.306. The van der Waals surface area contributed by atoms with Crippen LogP contribution in [0, 0.1) is 0 Å². The van der Waals surface area contributed by atoms with Crippen molar-refractivity contribution < 1.29 is 4.74 Å². The minimum atomic E-state index is 0.315. The molecule has 2 rings (SSSR count). The van der Waals surface area contributed by atoms with Gasteiger partial charge in [-0.2, -0.15) is 0 Å². The molecule has 0 bridgehead atoms. The first-order valence-corrected chi connectivity index (χ1v) is 7.29. The van der Waals surface area contributed by atoms with Crippen LogP contribution in [0.1, 0.15) is 11.1 Å². The van der Waals surface area contributed by atoms with Gasteiger partial charge < -0.3 is 10.5 Å². The molecule has 0 saturated carbocycles. The van der Waals surface area contributed by atoms with E-state index in [0.29, 0.717) is 34.0 Å². The van der Waals surface area contributed by atoms with E-state index in [2.05, 4.69) is 0 Å². The Balaban J connectivity index is 2.09. The standard InChI is InChI=1S/C15H14Cl3NO/c16-12-3-1-2-11(15(12)18)9-20-14-5-4-10(6-7-19)8-13(14)17/h1-5,8H,6-7,9,19H2. The fraction of sp³-hybridized carbons (Fsp3) is 0.200. The predicted octanol–water partition coefficient (Wildman–Crippen LogP) is 4.73. The van der Waals surface area contributed by atoms with Crippen LogP contribution in [0.5, 0.6) is 5.75 Å². The first-order chi connectivity index (χ1) is 9.61. The molecule has 20 heavy (non-hydrogen) atoms. The van der Waals surface area contributed by atoms with E-state index in [-0.39, 0.29) is 0 Å². The predicted molar refractivity (Wildman–Crippen MR) is 85.0 cm³/mol. The molecule has 0 fully saturated rings. The molecule has 0 heterocycles. The van der Waals surface area contributed by atoms with E-state index in [4.69, 9.17) is 45.3 Å². The molecule has 0 radical (unpaired) electrons. The third-order valence-corrected chi connectivity index (χ3v) is 4.00. The van der Waals surface area contributed by atoms with Crippen LogP contribution >= 0.6 is 34.8 Å². The normalized spacial score (nSPS) is 10.6. The van der Waals surface area contributed by atoms with Gasteiger partial charge in [-0.25, -0.2) is 0 Å². The van der Waals surface area contributed by atoms with Crippen molar-refractivity contribution in [2.45, 2.75) is 13.0 Å². The molecule has 5 heteroatoms. The molecule has 2 N–H and O–H groups in total. The van der Waals surface area contributed by atoms with Gasteiger partial charge in [-0.3, -0.25) is 0 Å². The molecular weight excluding hydrogens is 317 g/mol. The Morgan fingerprint density at radius 1 is 1.00 bits per heavy atom. The van der Waals surface area contributed by atoms with Crippen LogP contribution < -0.4 is 10.5 Å². The Morgan fingerprint density at radius 2 is 1.80 bits per heavy atom. The molecule has 2 nitrogen and oxygen atoms in total. The summed E-state index contributed by atoms with van der Waals surface area (Å²) >= 11 is 18.2. The van der Waals surface area contributed by atoms with Gasteiger partial charge in [-0.15, -0.1) is 0 Å². The topological polar surface area (TPSA) is 35.2 Å². The molecule has 0 aliphatic carbocycles. The SMILES string of the molecule is NCCc1ccc(OCc2cccc(Cl)c2Cl)c(Cl)c1. The summed E-state index contributed by atoms with van der Waals surface area (Å²) in [7, 11) is 0. The van der Waals surface area contributed by atoms with Crippen molar-refractivity contribution in [3.8, 4) is 5.75 Å². The number of benzene rings is 2. The number of hydrogen-bond donors (Lipinski definition) is 1. The van der Waals surface area contributed by atoms with Crippen molar-refractivity contribution in [2.24, 2.45) is 5.73 Å². The van der Waals surface area contributed by atoms with Gasteiger partial charge >= 0.3 is 0 Å². The van der Waals surface area contributed by atoms with Crippen molar-refractivity contribution in [1.82, 2.24) is 0 Å². The van der Waals surface area contributed by atoms with E-state index in [0.717, 1.165) is 17.5 Å². The maximum Gasteiger partial charge on any atom is 0.138 e. The highest BCUT2D eigenvalue weighted by Crippen LogP contribution is 2.29. The van der Waals surface area contributed by atoms with Crippen molar-refractivity contribution in [2.75, 3.05) is 6.54 Å². The molecule has 0 amide bonds. The Morgan fingerprint density at radius 3 is 2.50 bits per heavy atom. The summed E-state index contributed by atoms with van der Waals surface area (Å²) in [6.07, 6.45) is 0.792. The molecule has 2 aromatic rings. The lowest BCUT2D eigenvalue weighted by Gasteiger charge is -2.11. The highest BCUT2D eigenvalue weighted by molar-refractivity contribution is 6.42. The average Bonchev–Trinajstić information content (AvgIpc) is 2.42. The van der Waals surface area contributed by atoms with Gasteiger partial charge in [0.1, 0.15) is 12.4 Å². The van der Waals surface area contributed by atoms with Gasteiger partial charge in [0.2, 0.25) is 0 Å². The summed E-state index contributed by atoms with van der Waals surface area (Å²) in [6, 6.07) is 11.1. The zero-order chi connectivity index (χ0) is 14.5. The fourth-order valence-corrected chi connectivity index (χ4v) is 2.43. The molecule has 106 valence electrons.